The van der Waals surface area contributed by atoms with E-state index in [2.05, 4.69) is 6.58 Å². The van der Waals surface area contributed by atoms with Crippen LogP contribution in [0.2, 0.25) is 0 Å². The first kappa shape index (κ1) is 17.2. The third-order valence-electron chi connectivity index (χ3n) is 3.85. The van der Waals surface area contributed by atoms with Gasteiger partial charge < -0.3 is 0 Å². The van der Waals surface area contributed by atoms with Crippen molar-refractivity contribution in [2.24, 2.45) is 0 Å². The Balaban J connectivity index is 2.47. The molecule has 0 radical (unpaired) electrons. The van der Waals surface area contributed by atoms with Gasteiger partial charge in [-0.05, 0) is 37.5 Å². The molecule has 122 valence electrons. The number of hydrogen-bond donors (Lipinski definition) is 0. The molecule has 0 amide bonds. The van der Waals surface area contributed by atoms with Crippen molar-refractivity contribution in [1.82, 2.24) is 4.31 Å². The summed E-state index contributed by atoms with van der Waals surface area (Å²) in [6.07, 6.45) is 1.83. The third-order valence-corrected chi connectivity index (χ3v) is 7.67. The van der Waals surface area contributed by atoms with Gasteiger partial charge in [-0.3, -0.25) is 0 Å². The highest BCUT2D eigenvalue weighted by atomic mass is 32.2. The molecule has 1 aliphatic heterocycles. The van der Waals surface area contributed by atoms with Crippen LogP contribution in [0, 0.1) is 13.8 Å². The van der Waals surface area contributed by atoms with Crippen LogP contribution in [-0.2, 0) is 19.9 Å². The summed E-state index contributed by atoms with van der Waals surface area (Å²) in [7, 11) is -6.91. The lowest BCUT2D eigenvalue weighted by molar-refractivity contribution is 0.367. The van der Waals surface area contributed by atoms with E-state index >= 15 is 0 Å². The van der Waals surface area contributed by atoms with E-state index in [9.17, 15) is 16.8 Å². The topological polar surface area (TPSA) is 71.5 Å². The van der Waals surface area contributed by atoms with Crippen LogP contribution in [0.15, 0.2) is 35.7 Å². The van der Waals surface area contributed by atoms with Crippen molar-refractivity contribution in [3.05, 3.63) is 42.0 Å². The van der Waals surface area contributed by atoms with Gasteiger partial charge in [-0.25, -0.2) is 16.8 Å². The molecular formula is C15H21NO4S2. The molecule has 0 spiro atoms. The molecule has 1 aromatic carbocycles. The zero-order valence-electron chi connectivity index (χ0n) is 12.8. The highest BCUT2D eigenvalue weighted by molar-refractivity contribution is 7.92. The monoisotopic (exact) mass is 343 g/mol. The summed E-state index contributed by atoms with van der Waals surface area (Å²) in [6.45, 7) is 7.28. The number of sulfonamides is 1. The van der Waals surface area contributed by atoms with Gasteiger partial charge in [-0.1, -0.05) is 18.2 Å². The SMILES string of the molecule is C=CCN([C@H]1CCS(=O)(=O)C1)S(=O)(=O)c1cc(C)ccc1C. The number of rotatable bonds is 5. The molecule has 0 saturated carbocycles. The normalized spacial score (nSPS) is 21.1. The summed E-state index contributed by atoms with van der Waals surface area (Å²) in [4.78, 5) is 0.235. The van der Waals surface area contributed by atoms with Crippen molar-refractivity contribution in [1.29, 1.82) is 0 Å². The number of nitrogens with zero attached hydrogens (tertiary/aromatic N) is 1. The second-order valence-electron chi connectivity index (χ2n) is 5.69. The van der Waals surface area contributed by atoms with Crippen LogP contribution in [-0.4, -0.2) is 45.2 Å². The maximum atomic E-state index is 13.0. The molecule has 1 heterocycles. The van der Waals surface area contributed by atoms with E-state index in [0.29, 0.717) is 12.0 Å². The number of aryl methyl sites for hydroxylation is 2. The highest BCUT2D eigenvalue weighted by Crippen LogP contribution is 2.27. The molecule has 1 saturated heterocycles. The van der Waals surface area contributed by atoms with Crippen molar-refractivity contribution in [2.75, 3.05) is 18.1 Å². The predicted octanol–water partition coefficient (Wildman–Crippen LogP) is 1.67. The lowest BCUT2D eigenvalue weighted by Gasteiger charge is -2.27. The van der Waals surface area contributed by atoms with E-state index in [-0.39, 0.29) is 22.9 Å². The molecule has 0 aromatic heterocycles. The minimum absolute atomic E-state index is 0.0353. The highest BCUT2D eigenvalue weighted by Gasteiger charge is 2.38. The summed E-state index contributed by atoms with van der Waals surface area (Å²) < 4.78 is 50.6. The molecule has 7 heteroatoms. The Morgan fingerprint density at radius 1 is 1.36 bits per heavy atom. The van der Waals surface area contributed by atoms with Gasteiger partial charge >= 0.3 is 0 Å². The smallest absolute Gasteiger partial charge is 0.229 e. The quantitative estimate of drug-likeness (QED) is 0.763. The van der Waals surface area contributed by atoms with Crippen molar-refractivity contribution < 1.29 is 16.8 Å². The minimum atomic E-state index is -3.75. The largest absolute Gasteiger partial charge is 0.243 e. The second-order valence-corrected chi connectivity index (χ2v) is 9.78. The van der Waals surface area contributed by atoms with Crippen LogP contribution in [0.25, 0.3) is 0 Å². The second kappa shape index (κ2) is 6.14. The Kier molecular flexibility index (Phi) is 4.79. The molecule has 1 fully saturated rings. The van der Waals surface area contributed by atoms with Gasteiger partial charge in [0.1, 0.15) is 0 Å². The van der Waals surface area contributed by atoms with E-state index in [1.54, 1.807) is 19.1 Å². The summed E-state index contributed by atoms with van der Waals surface area (Å²) in [5.41, 5.74) is 1.50. The van der Waals surface area contributed by atoms with Crippen LogP contribution in [0.3, 0.4) is 0 Å². The van der Waals surface area contributed by atoms with Gasteiger partial charge in [0.05, 0.1) is 16.4 Å². The van der Waals surface area contributed by atoms with Crippen LogP contribution >= 0.6 is 0 Å². The maximum absolute atomic E-state index is 13.0. The first-order valence-corrected chi connectivity index (χ1v) is 10.3. The number of hydrogen-bond acceptors (Lipinski definition) is 4. The molecule has 5 nitrogen and oxygen atoms in total. The van der Waals surface area contributed by atoms with Gasteiger partial charge in [-0.15, -0.1) is 6.58 Å². The van der Waals surface area contributed by atoms with Gasteiger partial charge in [-0.2, -0.15) is 4.31 Å². The molecule has 1 atom stereocenters. The fraction of sp³-hybridized carbons (Fsp3) is 0.467. The summed E-state index contributed by atoms with van der Waals surface area (Å²) in [5.74, 6) is -0.0848. The average Bonchev–Trinajstić information content (AvgIpc) is 2.78. The van der Waals surface area contributed by atoms with Gasteiger partial charge in [0.25, 0.3) is 0 Å². The van der Waals surface area contributed by atoms with Gasteiger partial charge in [0, 0.05) is 12.6 Å². The van der Waals surface area contributed by atoms with E-state index < -0.39 is 25.9 Å². The molecule has 2 rings (SSSR count). The van der Waals surface area contributed by atoms with Crippen molar-refractivity contribution >= 4 is 19.9 Å². The van der Waals surface area contributed by atoms with Gasteiger partial charge in [0.15, 0.2) is 9.84 Å². The molecular weight excluding hydrogens is 322 g/mol. The van der Waals surface area contributed by atoms with Crippen LogP contribution in [0.1, 0.15) is 17.5 Å². The molecule has 0 aliphatic carbocycles. The van der Waals surface area contributed by atoms with Crippen molar-refractivity contribution in [2.45, 2.75) is 31.2 Å². The number of sulfone groups is 1. The molecule has 0 N–H and O–H groups in total. The van der Waals surface area contributed by atoms with Crippen molar-refractivity contribution in [3.63, 3.8) is 0 Å². The minimum Gasteiger partial charge on any atom is -0.229 e. The fourth-order valence-corrected chi connectivity index (χ4v) is 6.45. The van der Waals surface area contributed by atoms with Crippen LogP contribution in [0.4, 0.5) is 0 Å². The summed E-state index contributed by atoms with van der Waals surface area (Å²) in [5, 5.41) is 0. The lowest BCUT2D eigenvalue weighted by Crippen LogP contribution is -2.41. The first-order chi connectivity index (χ1) is 10.2. The molecule has 1 aromatic rings. The van der Waals surface area contributed by atoms with Crippen LogP contribution < -0.4 is 0 Å². The zero-order chi connectivity index (χ0) is 16.5. The Labute approximate surface area is 132 Å². The summed E-state index contributed by atoms with van der Waals surface area (Å²) >= 11 is 0. The van der Waals surface area contributed by atoms with E-state index in [4.69, 9.17) is 0 Å². The standard InChI is InChI=1S/C15H21NO4S2/c1-4-8-16(14-7-9-21(17,18)11-14)22(19,20)15-10-12(2)5-6-13(15)3/h4-6,10,14H,1,7-9,11H2,2-3H3/t14-/m0/s1. The fourth-order valence-electron chi connectivity index (χ4n) is 2.68. The van der Waals surface area contributed by atoms with E-state index in [1.807, 2.05) is 13.0 Å². The maximum Gasteiger partial charge on any atom is 0.243 e. The summed E-state index contributed by atoms with van der Waals surface area (Å²) in [6, 6.07) is 4.73. The lowest BCUT2D eigenvalue weighted by atomic mass is 10.2. The Morgan fingerprint density at radius 3 is 2.59 bits per heavy atom. The zero-order valence-corrected chi connectivity index (χ0v) is 14.5. The number of benzene rings is 1. The van der Waals surface area contributed by atoms with Crippen LogP contribution in [0.5, 0.6) is 0 Å². The van der Waals surface area contributed by atoms with E-state index in [0.717, 1.165) is 5.56 Å². The molecule has 0 bridgehead atoms. The molecule has 22 heavy (non-hydrogen) atoms. The Morgan fingerprint density at radius 2 is 2.05 bits per heavy atom. The Bertz CT molecular complexity index is 782. The first-order valence-electron chi connectivity index (χ1n) is 7.08. The van der Waals surface area contributed by atoms with Crippen molar-refractivity contribution in [3.8, 4) is 0 Å². The predicted molar refractivity (Wildman–Crippen MR) is 87.1 cm³/mol. The average molecular weight is 343 g/mol. The van der Waals surface area contributed by atoms with Gasteiger partial charge in [0.2, 0.25) is 10.0 Å². The Hall–Kier alpha value is -1.18. The molecule has 1 aliphatic rings. The third kappa shape index (κ3) is 3.42. The molecule has 0 unspecified atom stereocenters. The van der Waals surface area contributed by atoms with E-state index in [1.165, 1.54) is 10.4 Å².